The average molecular weight is 217 g/mol. The second kappa shape index (κ2) is 6.76. The third kappa shape index (κ3) is 4.59. The van der Waals surface area contributed by atoms with E-state index in [1.165, 1.54) is 0 Å². The number of carbonyl (C=O) groups is 1. The summed E-state index contributed by atoms with van der Waals surface area (Å²) in [6.45, 7) is 2.75. The number of carboxylic acid groups (broad SMARTS) is 1. The van der Waals surface area contributed by atoms with Crippen LogP contribution in [0.5, 0.6) is 0 Å². The molecule has 0 radical (unpaired) electrons. The zero-order valence-corrected chi connectivity index (χ0v) is 9.07. The number of likely N-dealkylation sites (N-methyl/N-ethyl adjacent to an activating group) is 1. The van der Waals surface area contributed by atoms with Crippen LogP contribution in [0.1, 0.15) is 12.8 Å². The quantitative estimate of drug-likeness (QED) is 0.592. The lowest BCUT2D eigenvalue weighted by Gasteiger charge is -2.12. The van der Waals surface area contributed by atoms with Gasteiger partial charge in [0.05, 0.1) is 13.2 Å². The number of nitrogens with one attached hydrogen (secondary N) is 1. The summed E-state index contributed by atoms with van der Waals surface area (Å²) in [5, 5.41) is 11.5. The van der Waals surface area contributed by atoms with E-state index in [0.29, 0.717) is 25.6 Å². The van der Waals surface area contributed by atoms with Gasteiger partial charge in [0.25, 0.3) is 0 Å². The highest BCUT2D eigenvalue weighted by Crippen LogP contribution is 2.12. The molecule has 0 saturated carbocycles. The van der Waals surface area contributed by atoms with Crippen LogP contribution in [-0.2, 0) is 14.3 Å². The molecule has 0 spiro atoms. The first-order chi connectivity index (χ1) is 7.24. The van der Waals surface area contributed by atoms with E-state index in [0.717, 1.165) is 19.6 Å². The Kier molecular flexibility index (Phi) is 5.60. The van der Waals surface area contributed by atoms with Crippen LogP contribution in [0.25, 0.3) is 0 Å². The molecule has 1 aliphatic heterocycles. The van der Waals surface area contributed by atoms with Crippen molar-refractivity contribution < 1.29 is 19.4 Å². The van der Waals surface area contributed by atoms with Crippen molar-refractivity contribution in [3.8, 4) is 0 Å². The fraction of sp³-hybridized carbons (Fsp3) is 0.900. The van der Waals surface area contributed by atoms with Crippen LogP contribution in [-0.4, -0.2) is 50.6 Å². The van der Waals surface area contributed by atoms with E-state index < -0.39 is 12.0 Å². The molecule has 1 saturated heterocycles. The van der Waals surface area contributed by atoms with Gasteiger partial charge in [-0.2, -0.15) is 0 Å². The van der Waals surface area contributed by atoms with Gasteiger partial charge in [-0.15, -0.1) is 0 Å². The lowest BCUT2D eigenvalue weighted by Crippen LogP contribution is -2.35. The Labute approximate surface area is 89.8 Å². The zero-order valence-electron chi connectivity index (χ0n) is 9.07. The molecule has 15 heavy (non-hydrogen) atoms. The molecule has 0 bridgehead atoms. The van der Waals surface area contributed by atoms with E-state index in [1.807, 2.05) is 0 Å². The Morgan fingerprint density at radius 3 is 3.07 bits per heavy atom. The van der Waals surface area contributed by atoms with Crippen LogP contribution in [0.15, 0.2) is 0 Å². The van der Waals surface area contributed by atoms with Crippen molar-refractivity contribution in [2.75, 3.05) is 33.5 Å². The Morgan fingerprint density at radius 2 is 2.53 bits per heavy atom. The lowest BCUT2D eigenvalue weighted by molar-refractivity contribution is -0.139. The average Bonchev–Trinajstić information content (AvgIpc) is 2.70. The van der Waals surface area contributed by atoms with Crippen LogP contribution in [0.4, 0.5) is 0 Å². The molecule has 5 heteroatoms. The fourth-order valence-corrected chi connectivity index (χ4v) is 1.56. The Morgan fingerprint density at radius 1 is 1.73 bits per heavy atom. The minimum absolute atomic E-state index is 0.480. The van der Waals surface area contributed by atoms with Gasteiger partial charge in [0.2, 0.25) is 0 Å². The van der Waals surface area contributed by atoms with Gasteiger partial charge in [-0.1, -0.05) is 0 Å². The molecule has 1 heterocycles. The van der Waals surface area contributed by atoms with E-state index >= 15 is 0 Å². The summed E-state index contributed by atoms with van der Waals surface area (Å²) in [6, 6.07) is -0.509. The molecule has 1 fully saturated rings. The zero-order chi connectivity index (χ0) is 11.1. The highest BCUT2D eigenvalue weighted by atomic mass is 16.5. The molecule has 1 rings (SSSR count). The largest absolute Gasteiger partial charge is 0.480 e. The van der Waals surface area contributed by atoms with Gasteiger partial charge in [0, 0.05) is 19.1 Å². The van der Waals surface area contributed by atoms with Crippen molar-refractivity contribution in [2.45, 2.75) is 18.9 Å². The summed E-state index contributed by atoms with van der Waals surface area (Å²) in [4.78, 5) is 10.6. The number of rotatable bonds is 7. The summed E-state index contributed by atoms with van der Waals surface area (Å²) in [5.74, 6) is -0.340. The van der Waals surface area contributed by atoms with E-state index in [9.17, 15) is 4.79 Å². The van der Waals surface area contributed by atoms with Crippen LogP contribution >= 0.6 is 0 Å². The van der Waals surface area contributed by atoms with E-state index in [1.54, 1.807) is 7.05 Å². The third-order valence-corrected chi connectivity index (χ3v) is 2.57. The first-order valence-electron chi connectivity index (χ1n) is 5.29. The molecule has 5 nitrogen and oxygen atoms in total. The van der Waals surface area contributed by atoms with Crippen LogP contribution in [0.2, 0.25) is 0 Å². The second-order valence-electron chi connectivity index (χ2n) is 3.77. The molecule has 0 aromatic rings. The van der Waals surface area contributed by atoms with Gasteiger partial charge in [-0.25, -0.2) is 0 Å². The minimum Gasteiger partial charge on any atom is -0.480 e. The SMILES string of the molecule is CNC(CCOCC1CCOC1)C(=O)O. The molecule has 2 atom stereocenters. The molecule has 88 valence electrons. The predicted molar refractivity (Wildman–Crippen MR) is 54.8 cm³/mol. The van der Waals surface area contributed by atoms with Crippen molar-refractivity contribution in [3.05, 3.63) is 0 Å². The van der Waals surface area contributed by atoms with Crippen molar-refractivity contribution in [1.82, 2.24) is 5.32 Å². The minimum atomic E-state index is -0.828. The number of hydrogen-bond acceptors (Lipinski definition) is 4. The standard InChI is InChI=1S/C10H19NO4/c1-11-9(10(12)13)3-5-15-7-8-2-4-14-6-8/h8-9,11H,2-7H2,1H3,(H,12,13). The molecule has 0 amide bonds. The van der Waals surface area contributed by atoms with Gasteiger partial charge in [0.1, 0.15) is 6.04 Å². The van der Waals surface area contributed by atoms with Crippen molar-refractivity contribution in [3.63, 3.8) is 0 Å². The van der Waals surface area contributed by atoms with Gasteiger partial charge in [-0.05, 0) is 19.9 Å². The van der Waals surface area contributed by atoms with Gasteiger partial charge < -0.3 is 19.9 Å². The van der Waals surface area contributed by atoms with Gasteiger partial charge >= 0.3 is 5.97 Å². The van der Waals surface area contributed by atoms with Crippen molar-refractivity contribution in [2.24, 2.45) is 5.92 Å². The third-order valence-electron chi connectivity index (χ3n) is 2.57. The maximum atomic E-state index is 10.6. The Hall–Kier alpha value is -0.650. The smallest absolute Gasteiger partial charge is 0.320 e. The second-order valence-corrected chi connectivity index (χ2v) is 3.77. The highest BCUT2D eigenvalue weighted by molar-refractivity contribution is 5.73. The van der Waals surface area contributed by atoms with Crippen molar-refractivity contribution >= 4 is 5.97 Å². The summed E-state index contributed by atoms with van der Waals surface area (Å²) < 4.78 is 10.6. The highest BCUT2D eigenvalue weighted by Gasteiger charge is 2.17. The molecular formula is C10H19NO4. The molecule has 2 unspecified atom stereocenters. The van der Waals surface area contributed by atoms with E-state index in [4.69, 9.17) is 14.6 Å². The Balaban J connectivity index is 2.02. The predicted octanol–water partition coefficient (Wildman–Crippen LogP) is 0.102. The summed E-state index contributed by atoms with van der Waals surface area (Å²) in [5.41, 5.74) is 0. The lowest BCUT2D eigenvalue weighted by atomic mass is 10.1. The van der Waals surface area contributed by atoms with Crippen molar-refractivity contribution in [1.29, 1.82) is 0 Å². The number of ether oxygens (including phenoxy) is 2. The van der Waals surface area contributed by atoms with E-state index in [-0.39, 0.29) is 0 Å². The van der Waals surface area contributed by atoms with E-state index in [2.05, 4.69) is 5.32 Å². The fourth-order valence-electron chi connectivity index (χ4n) is 1.56. The summed E-state index contributed by atoms with van der Waals surface area (Å²) >= 11 is 0. The monoisotopic (exact) mass is 217 g/mol. The summed E-state index contributed by atoms with van der Waals surface area (Å²) in [6.07, 6.45) is 1.55. The summed E-state index contributed by atoms with van der Waals surface area (Å²) in [7, 11) is 1.64. The molecule has 1 aliphatic rings. The number of carboxylic acids is 1. The topological polar surface area (TPSA) is 67.8 Å². The molecule has 0 aliphatic carbocycles. The first-order valence-corrected chi connectivity index (χ1v) is 5.29. The maximum Gasteiger partial charge on any atom is 0.320 e. The first kappa shape index (κ1) is 12.4. The number of hydrogen-bond donors (Lipinski definition) is 2. The molecule has 0 aromatic heterocycles. The Bertz CT molecular complexity index is 192. The van der Waals surface area contributed by atoms with Gasteiger partial charge in [0.15, 0.2) is 0 Å². The normalized spacial score (nSPS) is 22.9. The molecule has 0 aromatic carbocycles. The number of aliphatic carboxylic acids is 1. The molecule has 2 N–H and O–H groups in total. The maximum absolute atomic E-state index is 10.6. The van der Waals surface area contributed by atoms with Crippen LogP contribution < -0.4 is 5.32 Å². The van der Waals surface area contributed by atoms with Crippen LogP contribution in [0, 0.1) is 5.92 Å². The van der Waals surface area contributed by atoms with Crippen LogP contribution in [0.3, 0.4) is 0 Å². The molecular weight excluding hydrogens is 198 g/mol. The van der Waals surface area contributed by atoms with Gasteiger partial charge in [-0.3, -0.25) is 4.79 Å².